The third-order valence-electron chi connectivity index (χ3n) is 4.30. The van der Waals surface area contributed by atoms with Gasteiger partial charge in [0.1, 0.15) is 12.6 Å². The summed E-state index contributed by atoms with van der Waals surface area (Å²) < 4.78 is 30.7. The second-order valence-corrected chi connectivity index (χ2v) is 6.56. The fraction of sp³-hybridized carbons (Fsp3) is 0.474. The maximum Gasteiger partial charge on any atom is 0.408 e. The molecule has 1 aromatic carbocycles. The number of hydrogen-bond donors (Lipinski definition) is 3. The minimum Gasteiger partial charge on any atom is -0.445 e. The van der Waals surface area contributed by atoms with Crippen LogP contribution in [0.4, 0.5) is 13.6 Å². The number of hydrogen-bond acceptors (Lipinski definition) is 5. The average molecular weight is 411 g/mol. The molecule has 2 unspecified atom stereocenters. The Hall–Kier alpha value is -3.04. The molecule has 2 atom stereocenters. The minimum atomic E-state index is -2.88. The molecule has 0 saturated carbocycles. The van der Waals surface area contributed by atoms with Gasteiger partial charge in [0.25, 0.3) is 5.91 Å². The van der Waals surface area contributed by atoms with Gasteiger partial charge in [-0.1, -0.05) is 30.3 Å². The molecular weight excluding hydrogens is 388 g/mol. The van der Waals surface area contributed by atoms with Crippen LogP contribution in [0.15, 0.2) is 30.3 Å². The molecule has 1 aliphatic rings. The summed E-state index contributed by atoms with van der Waals surface area (Å²) in [4.78, 5) is 48.1. The van der Waals surface area contributed by atoms with Gasteiger partial charge in [-0.05, 0) is 24.8 Å². The largest absolute Gasteiger partial charge is 0.445 e. The zero-order chi connectivity index (χ0) is 21.2. The number of nitrogens with one attached hydrogen (secondary N) is 3. The number of amides is 3. The van der Waals surface area contributed by atoms with Crippen LogP contribution in [0, 0.1) is 0 Å². The van der Waals surface area contributed by atoms with E-state index in [9.17, 15) is 28.0 Å². The van der Waals surface area contributed by atoms with Gasteiger partial charge in [-0.15, -0.1) is 0 Å². The molecule has 0 aromatic heterocycles. The Balaban J connectivity index is 1.96. The highest BCUT2D eigenvalue weighted by atomic mass is 19.3. The molecule has 1 fully saturated rings. The van der Waals surface area contributed by atoms with Crippen molar-refractivity contribution in [2.24, 2.45) is 0 Å². The number of alkyl carbamates (subject to hydrolysis) is 1. The molecule has 0 spiro atoms. The van der Waals surface area contributed by atoms with E-state index in [0.29, 0.717) is 24.9 Å². The molecule has 1 saturated heterocycles. The number of carbonyl (C=O) groups excluding carboxylic acids is 4. The number of Topliss-reactive ketones (excluding diaryl/α,β-unsaturated/α-hetero) is 1. The lowest BCUT2D eigenvalue weighted by molar-refractivity contribution is -0.140. The van der Waals surface area contributed by atoms with E-state index in [1.165, 1.54) is 0 Å². The molecule has 158 valence electrons. The van der Waals surface area contributed by atoms with Crippen molar-refractivity contribution in [3.05, 3.63) is 35.9 Å². The van der Waals surface area contributed by atoms with Crippen molar-refractivity contribution < 1.29 is 32.7 Å². The summed E-state index contributed by atoms with van der Waals surface area (Å²) in [6.07, 6.45) is -3.50. The van der Waals surface area contributed by atoms with Crippen LogP contribution in [-0.2, 0) is 25.7 Å². The second-order valence-electron chi connectivity index (χ2n) is 6.56. The molecule has 8 nitrogen and oxygen atoms in total. The number of ketones is 1. The number of ether oxygens (including phenoxy) is 1. The number of alkyl halides is 2. The first-order valence-corrected chi connectivity index (χ1v) is 9.24. The number of rotatable bonds is 7. The molecule has 0 bridgehead atoms. The van der Waals surface area contributed by atoms with Crippen LogP contribution in [0.1, 0.15) is 31.2 Å². The first kappa shape index (κ1) is 22.3. The molecular formula is C19H23F2N3O5. The predicted molar refractivity (Wildman–Crippen MR) is 98.0 cm³/mol. The SMILES string of the molecule is O=C(NC(CC(F)F)C(=O)NC1CCCCNC(=O)C1=O)OCc1ccccc1. The Morgan fingerprint density at radius 2 is 1.90 bits per heavy atom. The standard InChI is InChI=1S/C19H23F2N3O5/c20-15(21)10-14(24-19(28)29-11-12-6-2-1-3-7-12)17(26)23-13-8-4-5-9-22-18(27)16(13)25/h1-3,6-7,13-15H,4-5,8-11H2,(H,22,27)(H,23,26)(H,24,28). The van der Waals surface area contributed by atoms with Gasteiger partial charge in [0.05, 0.1) is 6.04 Å². The first-order valence-electron chi connectivity index (χ1n) is 9.24. The normalized spacial score (nSPS) is 18.2. The molecule has 0 aliphatic carbocycles. The number of benzene rings is 1. The molecule has 2 rings (SSSR count). The fourth-order valence-electron chi connectivity index (χ4n) is 2.78. The highest BCUT2D eigenvalue weighted by Crippen LogP contribution is 2.09. The van der Waals surface area contributed by atoms with E-state index < -0.39 is 48.6 Å². The van der Waals surface area contributed by atoms with Crippen molar-refractivity contribution in [3.8, 4) is 0 Å². The maximum absolute atomic E-state index is 12.9. The lowest BCUT2D eigenvalue weighted by Gasteiger charge is -2.23. The van der Waals surface area contributed by atoms with Crippen molar-refractivity contribution in [1.29, 1.82) is 0 Å². The van der Waals surface area contributed by atoms with Crippen LogP contribution in [0.25, 0.3) is 0 Å². The zero-order valence-electron chi connectivity index (χ0n) is 15.7. The van der Waals surface area contributed by atoms with Gasteiger partial charge in [-0.2, -0.15) is 0 Å². The molecule has 3 amide bonds. The van der Waals surface area contributed by atoms with Crippen LogP contribution in [0.2, 0.25) is 0 Å². The van der Waals surface area contributed by atoms with E-state index in [2.05, 4.69) is 16.0 Å². The lowest BCUT2D eigenvalue weighted by atomic mass is 10.0. The Bertz CT molecular complexity index is 730. The van der Waals surface area contributed by atoms with Gasteiger partial charge < -0.3 is 20.7 Å². The summed E-state index contributed by atoms with van der Waals surface area (Å²) in [5, 5.41) is 6.81. The summed E-state index contributed by atoms with van der Waals surface area (Å²) in [6, 6.07) is 5.94. The molecule has 29 heavy (non-hydrogen) atoms. The smallest absolute Gasteiger partial charge is 0.408 e. The van der Waals surface area contributed by atoms with Crippen LogP contribution < -0.4 is 16.0 Å². The van der Waals surface area contributed by atoms with Crippen LogP contribution in [0.3, 0.4) is 0 Å². The van der Waals surface area contributed by atoms with Crippen molar-refractivity contribution in [1.82, 2.24) is 16.0 Å². The number of carbonyl (C=O) groups is 4. The third-order valence-corrected chi connectivity index (χ3v) is 4.30. The topological polar surface area (TPSA) is 114 Å². The highest BCUT2D eigenvalue weighted by Gasteiger charge is 2.32. The molecule has 1 aromatic rings. The van der Waals surface area contributed by atoms with E-state index in [1.807, 2.05) is 0 Å². The van der Waals surface area contributed by atoms with Crippen LogP contribution >= 0.6 is 0 Å². The zero-order valence-corrected chi connectivity index (χ0v) is 15.7. The van der Waals surface area contributed by atoms with Gasteiger partial charge in [0.2, 0.25) is 18.1 Å². The van der Waals surface area contributed by atoms with E-state index in [-0.39, 0.29) is 13.0 Å². The molecule has 3 N–H and O–H groups in total. The van der Waals surface area contributed by atoms with Gasteiger partial charge in [0, 0.05) is 13.0 Å². The summed E-state index contributed by atoms with van der Waals surface area (Å²) in [5.74, 6) is -2.66. The maximum atomic E-state index is 12.9. The van der Waals surface area contributed by atoms with Gasteiger partial charge >= 0.3 is 6.09 Å². The van der Waals surface area contributed by atoms with E-state index in [0.717, 1.165) is 0 Å². The number of halogens is 2. The Morgan fingerprint density at radius 3 is 2.59 bits per heavy atom. The Morgan fingerprint density at radius 1 is 1.17 bits per heavy atom. The first-order chi connectivity index (χ1) is 13.9. The summed E-state index contributed by atoms with van der Waals surface area (Å²) in [6.45, 7) is 0.255. The van der Waals surface area contributed by atoms with Gasteiger partial charge in [-0.25, -0.2) is 13.6 Å². The van der Waals surface area contributed by atoms with E-state index >= 15 is 0 Å². The predicted octanol–water partition coefficient (Wildman–Crippen LogP) is 1.29. The monoisotopic (exact) mass is 411 g/mol. The summed E-state index contributed by atoms with van der Waals surface area (Å²) >= 11 is 0. The summed E-state index contributed by atoms with van der Waals surface area (Å²) in [7, 11) is 0. The van der Waals surface area contributed by atoms with Crippen molar-refractivity contribution >= 4 is 23.7 Å². The summed E-state index contributed by atoms with van der Waals surface area (Å²) in [5.41, 5.74) is 0.684. The minimum absolute atomic E-state index is 0.100. The average Bonchev–Trinajstić information content (AvgIpc) is 2.69. The van der Waals surface area contributed by atoms with Crippen LogP contribution in [0.5, 0.6) is 0 Å². The second kappa shape index (κ2) is 11.1. The van der Waals surface area contributed by atoms with Crippen LogP contribution in [-0.4, -0.2) is 48.7 Å². The highest BCUT2D eigenvalue weighted by molar-refractivity contribution is 6.38. The van der Waals surface area contributed by atoms with Crippen molar-refractivity contribution in [2.45, 2.75) is 50.8 Å². The molecule has 0 radical (unpaired) electrons. The molecule has 10 heteroatoms. The Kier molecular flexibility index (Phi) is 8.50. The molecule has 1 heterocycles. The van der Waals surface area contributed by atoms with Gasteiger partial charge in [-0.3, -0.25) is 14.4 Å². The Labute approximate surface area is 166 Å². The quantitative estimate of drug-likeness (QED) is 0.585. The fourth-order valence-corrected chi connectivity index (χ4v) is 2.78. The lowest BCUT2D eigenvalue weighted by Crippen LogP contribution is -2.55. The van der Waals surface area contributed by atoms with Crippen molar-refractivity contribution in [2.75, 3.05) is 6.54 Å². The van der Waals surface area contributed by atoms with Gasteiger partial charge in [0.15, 0.2) is 0 Å². The van der Waals surface area contributed by atoms with Crippen molar-refractivity contribution in [3.63, 3.8) is 0 Å². The van der Waals surface area contributed by atoms with E-state index in [1.54, 1.807) is 30.3 Å². The van der Waals surface area contributed by atoms with E-state index in [4.69, 9.17) is 4.74 Å². The molecule has 1 aliphatic heterocycles. The third kappa shape index (κ3) is 7.47.